The van der Waals surface area contributed by atoms with E-state index in [0.29, 0.717) is 0 Å². The Labute approximate surface area is 149 Å². The van der Waals surface area contributed by atoms with E-state index in [0.717, 1.165) is 15.6 Å². The number of amides is 1. The van der Waals surface area contributed by atoms with Crippen LogP contribution in [0, 0.1) is 0 Å². The van der Waals surface area contributed by atoms with Gasteiger partial charge in [0.1, 0.15) is 6.09 Å². The molecule has 0 bridgehead atoms. The molecule has 1 unspecified atom stereocenters. The number of hydrogen-bond donors (Lipinski definition) is 1. The van der Waals surface area contributed by atoms with Gasteiger partial charge in [0.25, 0.3) is 0 Å². The Morgan fingerprint density at radius 2 is 1.08 bits per heavy atom. The Balaban J connectivity index is 2.33. The van der Waals surface area contributed by atoms with E-state index >= 15 is 0 Å². The van der Waals surface area contributed by atoms with E-state index in [1.807, 2.05) is 61.5 Å². The summed E-state index contributed by atoms with van der Waals surface area (Å²) in [5, 5.41) is 17.5. The number of carbonyl (C=O) groups is 1. The third kappa shape index (κ3) is 3.21. The van der Waals surface area contributed by atoms with Gasteiger partial charge in [-0.2, -0.15) is 0 Å². The molecule has 4 heteroatoms. The molecule has 3 nitrogen and oxygen atoms in total. The smallest absolute Gasteiger partial charge is 0.170 e. The molecule has 0 aliphatic carbocycles. The van der Waals surface area contributed by atoms with Crippen LogP contribution < -0.4 is 26.0 Å². The Kier molecular flexibility index (Phi) is 5.00. The lowest BCUT2D eigenvalue weighted by Gasteiger charge is -2.39. The molecular formula is C21H20NO2Si-. The minimum atomic E-state index is -2.62. The van der Waals surface area contributed by atoms with E-state index in [2.05, 4.69) is 41.7 Å². The van der Waals surface area contributed by atoms with Crippen molar-refractivity contribution >= 4 is 29.7 Å². The largest absolute Gasteiger partial charge is 0.530 e. The van der Waals surface area contributed by atoms with Crippen LogP contribution in [0.3, 0.4) is 0 Å². The zero-order valence-corrected chi connectivity index (χ0v) is 15.1. The average Bonchev–Trinajstić information content (AvgIpc) is 2.64. The Hall–Kier alpha value is -2.85. The van der Waals surface area contributed by atoms with Crippen molar-refractivity contribution in [2.24, 2.45) is 0 Å². The first-order valence-corrected chi connectivity index (χ1v) is 10.4. The lowest BCUT2D eigenvalue weighted by molar-refractivity contribution is -0.251. The predicted octanol–water partition coefficient (Wildman–Crippen LogP) is 1.02. The van der Waals surface area contributed by atoms with E-state index in [4.69, 9.17) is 0 Å². The van der Waals surface area contributed by atoms with Crippen molar-refractivity contribution in [3.8, 4) is 0 Å². The van der Waals surface area contributed by atoms with Gasteiger partial charge in [0.2, 0.25) is 0 Å². The summed E-state index contributed by atoms with van der Waals surface area (Å²) in [4.78, 5) is 11.4. The first-order chi connectivity index (χ1) is 12.2. The molecule has 3 rings (SSSR count). The number of nitrogens with one attached hydrogen (secondary N) is 1. The summed E-state index contributed by atoms with van der Waals surface area (Å²) >= 11 is 0. The van der Waals surface area contributed by atoms with Gasteiger partial charge >= 0.3 is 0 Å². The van der Waals surface area contributed by atoms with Crippen LogP contribution in [-0.4, -0.2) is 19.8 Å². The van der Waals surface area contributed by atoms with Gasteiger partial charge in [0.15, 0.2) is 8.07 Å². The quantitative estimate of drug-likeness (QED) is 0.554. The normalized spacial score (nSPS) is 12.4. The summed E-state index contributed by atoms with van der Waals surface area (Å²) in [7, 11) is -2.62. The van der Waals surface area contributed by atoms with Crippen molar-refractivity contribution in [2.75, 3.05) is 0 Å². The van der Waals surface area contributed by atoms with E-state index < -0.39 is 14.2 Å². The average molecular weight is 346 g/mol. The molecule has 1 amide bonds. The third-order valence-electron chi connectivity index (χ3n) is 4.67. The number of hydrogen-bond acceptors (Lipinski definition) is 2. The molecule has 0 spiro atoms. The fourth-order valence-corrected chi connectivity index (χ4v) is 8.63. The van der Waals surface area contributed by atoms with Crippen LogP contribution in [0.4, 0.5) is 4.79 Å². The lowest BCUT2D eigenvalue weighted by Crippen LogP contribution is -2.77. The molecule has 0 saturated carbocycles. The highest BCUT2D eigenvalue weighted by molar-refractivity contribution is 7.12. The molecule has 3 aromatic rings. The van der Waals surface area contributed by atoms with Crippen molar-refractivity contribution in [3.63, 3.8) is 0 Å². The summed E-state index contributed by atoms with van der Waals surface area (Å²) in [6.45, 7) is 1.94. The summed E-state index contributed by atoms with van der Waals surface area (Å²) in [5.74, 6) is 0. The summed E-state index contributed by atoms with van der Waals surface area (Å²) < 4.78 is 0. The van der Waals surface area contributed by atoms with Gasteiger partial charge in [-0.15, -0.1) is 0 Å². The Morgan fingerprint density at radius 3 is 1.36 bits per heavy atom. The Morgan fingerprint density at radius 1 is 0.760 bits per heavy atom. The van der Waals surface area contributed by atoms with Gasteiger partial charge in [0, 0.05) is 5.67 Å². The van der Waals surface area contributed by atoms with Gasteiger partial charge in [-0.3, -0.25) is 0 Å². The van der Waals surface area contributed by atoms with Crippen LogP contribution >= 0.6 is 0 Å². The summed E-state index contributed by atoms with van der Waals surface area (Å²) in [6.07, 6.45) is -1.24. The number of carboxylic acid groups (broad SMARTS) is 1. The molecule has 3 aromatic carbocycles. The second-order valence-corrected chi connectivity index (χ2v) is 10.3. The van der Waals surface area contributed by atoms with Crippen molar-refractivity contribution in [1.82, 2.24) is 5.32 Å². The third-order valence-corrected chi connectivity index (χ3v) is 9.85. The monoisotopic (exact) mass is 346 g/mol. The molecule has 0 aliphatic rings. The standard InChI is InChI=1S/C21H21NO2Si/c1-17(22-21(23)24)25(18-11-5-2-6-12-18,19-13-7-3-8-14-19)20-15-9-4-10-16-20/h2-17,22H,1H3,(H,23,24)/p-1. The molecule has 0 aliphatic heterocycles. The SMILES string of the molecule is CC(NC(=O)[O-])[Si](c1ccccc1)(c1ccccc1)c1ccccc1. The van der Waals surface area contributed by atoms with Crippen molar-refractivity contribution in [3.05, 3.63) is 91.0 Å². The van der Waals surface area contributed by atoms with E-state index in [1.165, 1.54) is 0 Å². The molecule has 25 heavy (non-hydrogen) atoms. The molecule has 0 aromatic heterocycles. The number of carbonyl (C=O) groups excluding carboxylic acids is 1. The first-order valence-electron chi connectivity index (χ1n) is 8.29. The second kappa shape index (κ2) is 7.36. The zero-order chi connectivity index (χ0) is 17.7. The van der Waals surface area contributed by atoms with Crippen molar-refractivity contribution in [1.29, 1.82) is 0 Å². The van der Waals surface area contributed by atoms with Crippen LogP contribution in [0.2, 0.25) is 0 Å². The maximum atomic E-state index is 11.4. The summed E-state index contributed by atoms with van der Waals surface area (Å²) in [5.41, 5.74) is -0.287. The van der Waals surface area contributed by atoms with Crippen LogP contribution in [0.25, 0.3) is 0 Å². The molecule has 0 saturated heterocycles. The molecule has 0 fully saturated rings. The maximum absolute atomic E-state index is 11.4. The fraction of sp³-hybridized carbons (Fsp3) is 0.0952. The number of rotatable bonds is 5. The van der Waals surface area contributed by atoms with Crippen molar-refractivity contribution in [2.45, 2.75) is 12.6 Å². The first kappa shape index (κ1) is 17.0. The van der Waals surface area contributed by atoms with Gasteiger partial charge in [0.05, 0.1) is 0 Å². The van der Waals surface area contributed by atoms with Gasteiger partial charge < -0.3 is 15.2 Å². The van der Waals surface area contributed by atoms with E-state index in [-0.39, 0.29) is 5.67 Å². The van der Waals surface area contributed by atoms with E-state index in [1.54, 1.807) is 0 Å². The molecule has 1 atom stereocenters. The minimum Gasteiger partial charge on any atom is -0.530 e. The number of benzene rings is 3. The van der Waals surface area contributed by atoms with Gasteiger partial charge in [-0.25, -0.2) is 0 Å². The molecular weight excluding hydrogens is 326 g/mol. The predicted molar refractivity (Wildman–Crippen MR) is 102 cm³/mol. The fourth-order valence-electron chi connectivity index (χ4n) is 3.64. The van der Waals surface area contributed by atoms with Crippen LogP contribution in [-0.2, 0) is 0 Å². The lowest BCUT2D eigenvalue weighted by atomic mass is 10.3. The second-order valence-electron chi connectivity index (χ2n) is 6.06. The minimum absolute atomic E-state index is 0.287. The maximum Gasteiger partial charge on any atom is 0.170 e. The van der Waals surface area contributed by atoms with Crippen LogP contribution in [0.1, 0.15) is 6.92 Å². The highest BCUT2D eigenvalue weighted by atomic mass is 28.3. The molecule has 126 valence electrons. The Bertz CT molecular complexity index is 726. The van der Waals surface area contributed by atoms with Gasteiger partial charge in [-0.05, 0) is 22.5 Å². The summed E-state index contributed by atoms with van der Waals surface area (Å²) in [6, 6.07) is 30.6. The topological polar surface area (TPSA) is 52.2 Å². The zero-order valence-electron chi connectivity index (χ0n) is 14.1. The highest BCUT2D eigenvalue weighted by Crippen LogP contribution is 2.12. The van der Waals surface area contributed by atoms with Gasteiger partial charge in [-0.1, -0.05) is 91.0 Å². The highest BCUT2D eigenvalue weighted by Gasteiger charge is 2.44. The van der Waals surface area contributed by atoms with E-state index in [9.17, 15) is 9.90 Å². The molecule has 1 N–H and O–H groups in total. The van der Waals surface area contributed by atoms with Crippen LogP contribution in [0.5, 0.6) is 0 Å². The molecule has 0 heterocycles. The molecule has 0 radical (unpaired) electrons. The van der Waals surface area contributed by atoms with Crippen LogP contribution in [0.15, 0.2) is 91.0 Å². The van der Waals surface area contributed by atoms with Crippen molar-refractivity contribution < 1.29 is 9.90 Å².